The van der Waals surface area contributed by atoms with Crippen molar-refractivity contribution in [3.63, 3.8) is 0 Å². The third-order valence-corrected chi connectivity index (χ3v) is 3.10. The average Bonchev–Trinajstić information content (AvgIpc) is 2.16. The smallest absolute Gasteiger partial charge is 0.359 e. The lowest BCUT2D eigenvalue weighted by Gasteiger charge is -2.20. The van der Waals surface area contributed by atoms with Gasteiger partial charge in [0.05, 0.1) is 5.69 Å². The molecule has 0 unspecified atom stereocenters. The highest BCUT2D eigenvalue weighted by Gasteiger charge is 2.18. The van der Waals surface area contributed by atoms with Crippen LogP contribution in [0.4, 0.5) is 11.4 Å². The maximum absolute atomic E-state index is 11.2. The predicted octanol–water partition coefficient (Wildman–Crippen LogP) is 1.68. The van der Waals surface area contributed by atoms with E-state index in [0.29, 0.717) is 17.8 Å². The van der Waals surface area contributed by atoms with E-state index in [0.717, 1.165) is 10.7 Å². The van der Waals surface area contributed by atoms with Crippen LogP contribution in [0.25, 0.3) is 0 Å². The van der Waals surface area contributed by atoms with E-state index < -0.39 is 10.3 Å². The predicted molar refractivity (Wildman–Crippen MR) is 64.7 cm³/mol. The molecular weight excluding hydrogens is 228 g/mol. The molecule has 0 saturated heterocycles. The molecule has 90 valence electrons. The van der Waals surface area contributed by atoms with Crippen molar-refractivity contribution in [3.8, 4) is 0 Å². The fraction of sp³-hybridized carbons (Fsp3) is 0.400. The molecule has 16 heavy (non-hydrogen) atoms. The third-order valence-electron chi connectivity index (χ3n) is 2.15. The van der Waals surface area contributed by atoms with Gasteiger partial charge in [-0.25, -0.2) is 4.31 Å². The van der Waals surface area contributed by atoms with Crippen molar-refractivity contribution >= 4 is 21.7 Å². The number of nitrogens with zero attached hydrogens (tertiary/aromatic N) is 1. The van der Waals surface area contributed by atoms with Crippen molar-refractivity contribution in [1.82, 2.24) is 0 Å². The Balaban J connectivity index is 3.02. The summed E-state index contributed by atoms with van der Waals surface area (Å²) < 4.78 is 32.4. The Morgan fingerprint density at radius 1 is 1.44 bits per heavy atom. The van der Waals surface area contributed by atoms with Crippen LogP contribution in [0.3, 0.4) is 0 Å². The van der Waals surface area contributed by atoms with Gasteiger partial charge < -0.3 is 5.73 Å². The van der Waals surface area contributed by atoms with E-state index in [4.69, 9.17) is 10.3 Å². The Morgan fingerprint density at radius 3 is 2.62 bits per heavy atom. The van der Waals surface area contributed by atoms with Crippen LogP contribution in [0, 0.1) is 0 Å². The molecular formula is C10H16N2O3S. The van der Waals surface area contributed by atoms with Crippen LogP contribution >= 0.6 is 0 Å². The molecule has 0 spiro atoms. The summed E-state index contributed by atoms with van der Waals surface area (Å²) in [5, 5.41) is 0. The first-order chi connectivity index (χ1) is 7.45. The van der Waals surface area contributed by atoms with Crippen LogP contribution in [-0.4, -0.2) is 19.5 Å². The van der Waals surface area contributed by atoms with Gasteiger partial charge >= 0.3 is 10.3 Å². The number of nitrogen functional groups attached to an aromatic ring is 1. The van der Waals surface area contributed by atoms with Crippen LogP contribution in [-0.2, 0) is 10.3 Å². The van der Waals surface area contributed by atoms with Crippen molar-refractivity contribution in [3.05, 3.63) is 24.3 Å². The average molecular weight is 244 g/mol. The van der Waals surface area contributed by atoms with E-state index in [1.54, 1.807) is 18.2 Å². The van der Waals surface area contributed by atoms with E-state index in [-0.39, 0.29) is 6.54 Å². The lowest BCUT2D eigenvalue weighted by Crippen LogP contribution is -2.31. The van der Waals surface area contributed by atoms with Crippen molar-refractivity contribution in [1.29, 1.82) is 0 Å². The number of rotatable bonds is 5. The quantitative estimate of drug-likeness (QED) is 0.609. The Labute approximate surface area is 95.8 Å². The molecule has 0 radical (unpaired) electrons. The van der Waals surface area contributed by atoms with E-state index in [2.05, 4.69) is 0 Å². The summed E-state index contributed by atoms with van der Waals surface area (Å²) in [4.78, 5) is 0. The second-order valence-corrected chi connectivity index (χ2v) is 4.83. The van der Waals surface area contributed by atoms with E-state index in [1.165, 1.54) is 6.07 Å². The van der Waals surface area contributed by atoms with Gasteiger partial charge in [0.2, 0.25) is 0 Å². The molecule has 0 heterocycles. The number of anilines is 2. The summed E-state index contributed by atoms with van der Waals surface area (Å²) in [6.07, 6.45) is 1.52. The van der Waals surface area contributed by atoms with Crippen molar-refractivity contribution in [2.24, 2.45) is 0 Å². The number of nitrogens with two attached hydrogens (primary N) is 1. The molecule has 0 atom stereocenters. The molecule has 1 aromatic carbocycles. The number of hydrogen-bond acceptors (Lipinski definition) is 3. The van der Waals surface area contributed by atoms with Crippen LogP contribution in [0.5, 0.6) is 0 Å². The molecule has 0 aliphatic rings. The molecule has 0 amide bonds. The highest BCUT2D eigenvalue weighted by molar-refractivity contribution is 7.87. The first kappa shape index (κ1) is 12.8. The molecule has 3 N–H and O–H groups in total. The highest BCUT2D eigenvalue weighted by Crippen LogP contribution is 2.20. The molecule has 0 aliphatic heterocycles. The minimum absolute atomic E-state index is 0.249. The first-order valence-corrected chi connectivity index (χ1v) is 6.45. The summed E-state index contributed by atoms with van der Waals surface area (Å²) in [7, 11) is -4.23. The lowest BCUT2D eigenvalue weighted by atomic mass is 10.2. The molecule has 0 saturated carbocycles. The molecule has 6 heteroatoms. The fourth-order valence-electron chi connectivity index (χ4n) is 1.36. The van der Waals surface area contributed by atoms with Crippen LogP contribution < -0.4 is 10.0 Å². The molecule has 0 bridgehead atoms. The SMILES string of the molecule is CCCCN(c1cccc(N)c1)S(=O)(=O)O. The van der Waals surface area contributed by atoms with E-state index in [1.807, 2.05) is 6.92 Å². The Morgan fingerprint density at radius 2 is 2.12 bits per heavy atom. The van der Waals surface area contributed by atoms with Gasteiger partial charge in [-0.15, -0.1) is 0 Å². The molecule has 1 rings (SSSR count). The van der Waals surface area contributed by atoms with Gasteiger partial charge in [-0.05, 0) is 24.6 Å². The van der Waals surface area contributed by atoms with Gasteiger partial charge in [-0.1, -0.05) is 19.4 Å². The second kappa shape index (κ2) is 5.18. The van der Waals surface area contributed by atoms with Crippen molar-refractivity contribution < 1.29 is 13.0 Å². The molecule has 1 aromatic rings. The van der Waals surface area contributed by atoms with Gasteiger partial charge in [0.25, 0.3) is 0 Å². The maximum Gasteiger partial charge on any atom is 0.359 e. The molecule has 0 aromatic heterocycles. The minimum atomic E-state index is -4.23. The Kier molecular flexibility index (Phi) is 4.14. The lowest BCUT2D eigenvalue weighted by molar-refractivity contribution is 0.477. The van der Waals surface area contributed by atoms with E-state index in [9.17, 15) is 8.42 Å². The van der Waals surface area contributed by atoms with E-state index >= 15 is 0 Å². The summed E-state index contributed by atoms with van der Waals surface area (Å²) in [6.45, 7) is 2.19. The zero-order valence-electron chi connectivity index (χ0n) is 9.13. The first-order valence-electron chi connectivity index (χ1n) is 5.06. The van der Waals surface area contributed by atoms with Gasteiger partial charge in [0.1, 0.15) is 0 Å². The minimum Gasteiger partial charge on any atom is -0.399 e. The summed E-state index contributed by atoms with van der Waals surface area (Å²) in [5.74, 6) is 0. The summed E-state index contributed by atoms with van der Waals surface area (Å²) in [6, 6.07) is 6.42. The van der Waals surface area contributed by atoms with Gasteiger partial charge in [-0.2, -0.15) is 8.42 Å². The van der Waals surface area contributed by atoms with Gasteiger partial charge in [0, 0.05) is 12.2 Å². The number of benzene rings is 1. The number of hydrogen-bond donors (Lipinski definition) is 2. The van der Waals surface area contributed by atoms with Crippen LogP contribution in [0.1, 0.15) is 19.8 Å². The Hall–Kier alpha value is -1.27. The van der Waals surface area contributed by atoms with Crippen molar-refractivity contribution in [2.45, 2.75) is 19.8 Å². The van der Waals surface area contributed by atoms with Gasteiger partial charge in [0.15, 0.2) is 0 Å². The van der Waals surface area contributed by atoms with Crippen molar-refractivity contribution in [2.75, 3.05) is 16.6 Å². The van der Waals surface area contributed by atoms with Crippen LogP contribution in [0.2, 0.25) is 0 Å². The third kappa shape index (κ3) is 3.39. The summed E-state index contributed by atoms with van der Waals surface area (Å²) in [5.41, 5.74) is 6.41. The normalized spacial score (nSPS) is 11.4. The standard InChI is InChI=1S/C10H16N2O3S/c1-2-3-7-12(16(13,14)15)10-6-4-5-9(11)8-10/h4-6,8H,2-3,7,11H2,1H3,(H,13,14,15). The Bertz CT molecular complexity index is 445. The molecule has 5 nitrogen and oxygen atoms in total. The zero-order chi connectivity index (χ0) is 12.2. The number of unbranched alkanes of at least 4 members (excludes halogenated alkanes) is 1. The van der Waals surface area contributed by atoms with Crippen LogP contribution in [0.15, 0.2) is 24.3 Å². The second-order valence-electron chi connectivity index (χ2n) is 3.50. The maximum atomic E-state index is 11.2. The fourth-order valence-corrected chi connectivity index (χ4v) is 2.10. The zero-order valence-corrected chi connectivity index (χ0v) is 9.94. The monoisotopic (exact) mass is 244 g/mol. The molecule has 0 fully saturated rings. The largest absolute Gasteiger partial charge is 0.399 e. The summed E-state index contributed by atoms with van der Waals surface area (Å²) >= 11 is 0. The molecule has 0 aliphatic carbocycles. The topological polar surface area (TPSA) is 83.6 Å². The highest BCUT2D eigenvalue weighted by atomic mass is 32.2. The van der Waals surface area contributed by atoms with Gasteiger partial charge in [-0.3, -0.25) is 4.55 Å².